The molecule has 0 unspecified atom stereocenters. The molecule has 1 aliphatic heterocycles. The number of rotatable bonds is 2. The van der Waals surface area contributed by atoms with Crippen LogP contribution in [-0.4, -0.2) is 40.3 Å². The second kappa shape index (κ2) is 4.92. The lowest BCUT2D eigenvalue weighted by atomic mass is 9.96. The van der Waals surface area contributed by atoms with Crippen molar-refractivity contribution >= 4 is 11.9 Å². The quantitative estimate of drug-likeness (QED) is 0.899. The first-order chi connectivity index (χ1) is 9.18. The Labute approximate surface area is 113 Å². The summed E-state index contributed by atoms with van der Waals surface area (Å²) in [5.74, 6) is -4.68. The molecule has 0 bridgehead atoms. The zero-order valence-corrected chi connectivity index (χ0v) is 11.0. The van der Waals surface area contributed by atoms with Gasteiger partial charge in [-0.2, -0.15) is 13.2 Å². The molecule has 110 valence electrons. The minimum absolute atomic E-state index is 0.153. The van der Waals surface area contributed by atoms with E-state index in [0.717, 1.165) is 0 Å². The lowest BCUT2D eigenvalue weighted by molar-refractivity contribution is -0.187. The monoisotopic (exact) mass is 289 g/mol. The van der Waals surface area contributed by atoms with Crippen LogP contribution >= 0.6 is 0 Å². The summed E-state index contributed by atoms with van der Waals surface area (Å²) in [7, 11) is 0. The predicted molar refractivity (Wildman–Crippen MR) is 64.4 cm³/mol. The first-order valence-electron chi connectivity index (χ1n) is 6.05. The standard InChI is InChI=1S/C12H14F3N3O2/c1-6-3-7(2)17-11(16-6)18-4-8(10(19)20)9(5-18)12(13,14)15/h3,8-9H,4-5H2,1-2H3,(H,19,20)/t8-,9+/m0/s1. The molecular weight excluding hydrogens is 275 g/mol. The summed E-state index contributed by atoms with van der Waals surface area (Å²) in [6.07, 6.45) is -4.54. The minimum atomic E-state index is -4.54. The fourth-order valence-electron chi connectivity index (χ4n) is 2.40. The molecule has 20 heavy (non-hydrogen) atoms. The van der Waals surface area contributed by atoms with Gasteiger partial charge in [-0.05, 0) is 19.9 Å². The number of carboxylic acids is 1. The van der Waals surface area contributed by atoms with Crippen LogP contribution in [0.5, 0.6) is 0 Å². The van der Waals surface area contributed by atoms with Gasteiger partial charge in [-0.3, -0.25) is 4.79 Å². The van der Waals surface area contributed by atoms with Gasteiger partial charge in [-0.15, -0.1) is 0 Å². The van der Waals surface area contributed by atoms with Crippen molar-refractivity contribution in [2.24, 2.45) is 11.8 Å². The highest BCUT2D eigenvalue weighted by molar-refractivity contribution is 5.72. The van der Waals surface area contributed by atoms with Gasteiger partial charge in [0.25, 0.3) is 0 Å². The van der Waals surface area contributed by atoms with Crippen molar-refractivity contribution in [3.8, 4) is 0 Å². The number of anilines is 1. The minimum Gasteiger partial charge on any atom is -0.481 e. The van der Waals surface area contributed by atoms with Crippen LogP contribution < -0.4 is 4.90 Å². The Morgan fingerprint density at radius 1 is 1.30 bits per heavy atom. The van der Waals surface area contributed by atoms with Crippen molar-refractivity contribution in [1.82, 2.24) is 9.97 Å². The van der Waals surface area contributed by atoms with E-state index in [0.29, 0.717) is 11.4 Å². The van der Waals surface area contributed by atoms with Gasteiger partial charge in [0.1, 0.15) is 0 Å². The van der Waals surface area contributed by atoms with Crippen LogP contribution in [0, 0.1) is 25.7 Å². The Bertz CT molecular complexity index is 513. The maximum Gasteiger partial charge on any atom is 0.394 e. The third-order valence-corrected chi connectivity index (χ3v) is 3.31. The van der Waals surface area contributed by atoms with Crippen LogP contribution in [0.3, 0.4) is 0 Å². The van der Waals surface area contributed by atoms with Crippen molar-refractivity contribution in [2.45, 2.75) is 20.0 Å². The van der Waals surface area contributed by atoms with E-state index in [9.17, 15) is 18.0 Å². The van der Waals surface area contributed by atoms with Gasteiger partial charge in [-0.25, -0.2) is 9.97 Å². The lowest BCUT2D eigenvalue weighted by Crippen LogP contribution is -2.33. The van der Waals surface area contributed by atoms with E-state index in [2.05, 4.69) is 9.97 Å². The van der Waals surface area contributed by atoms with Gasteiger partial charge in [0.15, 0.2) is 0 Å². The number of alkyl halides is 3. The van der Waals surface area contributed by atoms with Crippen LogP contribution in [-0.2, 0) is 4.79 Å². The molecule has 2 heterocycles. The van der Waals surface area contributed by atoms with Crippen LogP contribution in [0.15, 0.2) is 6.07 Å². The summed E-state index contributed by atoms with van der Waals surface area (Å²) in [5, 5.41) is 8.95. The Balaban J connectivity index is 2.30. The molecule has 1 aliphatic rings. The van der Waals surface area contributed by atoms with Gasteiger partial charge in [0, 0.05) is 24.5 Å². The topological polar surface area (TPSA) is 66.3 Å². The number of hydrogen-bond acceptors (Lipinski definition) is 4. The summed E-state index contributed by atoms with van der Waals surface area (Å²) in [5.41, 5.74) is 1.27. The van der Waals surface area contributed by atoms with Crippen molar-refractivity contribution in [2.75, 3.05) is 18.0 Å². The molecule has 1 fully saturated rings. The molecule has 0 radical (unpaired) electrons. The molecule has 1 aromatic heterocycles. The average molecular weight is 289 g/mol. The molecule has 5 nitrogen and oxygen atoms in total. The van der Waals surface area contributed by atoms with Crippen molar-refractivity contribution in [1.29, 1.82) is 0 Å². The van der Waals surface area contributed by atoms with Crippen LogP contribution in [0.2, 0.25) is 0 Å². The number of nitrogens with zero attached hydrogens (tertiary/aromatic N) is 3. The zero-order chi connectivity index (χ0) is 15.1. The summed E-state index contributed by atoms with van der Waals surface area (Å²) in [6.45, 7) is 2.76. The Hall–Kier alpha value is -1.86. The molecule has 1 saturated heterocycles. The van der Waals surface area contributed by atoms with Crippen molar-refractivity contribution in [3.05, 3.63) is 17.5 Å². The van der Waals surface area contributed by atoms with E-state index in [-0.39, 0.29) is 12.5 Å². The number of aliphatic carboxylic acids is 1. The van der Waals surface area contributed by atoms with Crippen LogP contribution in [0.1, 0.15) is 11.4 Å². The third-order valence-electron chi connectivity index (χ3n) is 3.31. The molecule has 0 saturated carbocycles. The van der Waals surface area contributed by atoms with Gasteiger partial charge in [0.05, 0.1) is 11.8 Å². The summed E-state index contributed by atoms with van der Waals surface area (Å²) < 4.78 is 38.7. The summed E-state index contributed by atoms with van der Waals surface area (Å²) in [4.78, 5) is 20.5. The first kappa shape index (κ1) is 14.5. The second-order valence-electron chi connectivity index (χ2n) is 4.95. The van der Waals surface area contributed by atoms with E-state index in [1.165, 1.54) is 4.90 Å². The number of aromatic nitrogens is 2. The highest BCUT2D eigenvalue weighted by atomic mass is 19.4. The van der Waals surface area contributed by atoms with Gasteiger partial charge < -0.3 is 10.0 Å². The molecule has 0 spiro atoms. The lowest BCUT2D eigenvalue weighted by Gasteiger charge is -2.18. The normalized spacial score (nSPS) is 23.1. The van der Waals surface area contributed by atoms with E-state index in [1.807, 2.05) is 0 Å². The SMILES string of the molecule is Cc1cc(C)nc(N2C[C@H](C(=O)O)[C@H](C(F)(F)F)C2)n1. The average Bonchev–Trinajstić information content (AvgIpc) is 2.71. The van der Waals surface area contributed by atoms with E-state index >= 15 is 0 Å². The Morgan fingerprint density at radius 3 is 2.25 bits per heavy atom. The van der Waals surface area contributed by atoms with Crippen molar-refractivity contribution in [3.63, 3.8) is 0 Å². The molecule has 2 atom stereocenters. The molecular formula is C12H14F3N3O2. The maximum atomic E-state index is 12.9. The highest BCUT2D eigenvalue weighted by Crippen LogP contribution is 2.38. The molecule has 8 heteroatoms. The molecule has 0 aliphatic carbocycles. The molecule has 1 N–H and O–H groups in total. The van der Waals surface area contributed by atoms with Gasteiger partial charge >= 0.3 is 12.1 Å². The third kappa shape index (κ3) is 2.83. The van der Waals surface area contributed by atoms with E-state index in [1.54, 1.807) is 19.9 Å². The number of halogens is 3. The molecule has 0 aromatic carbocycles. The van der Waals surface area contributed by atoms with E-state index in [4.69, 9.17) is 5.11 Å². The summed E-state index contributed by atoms with van der Waals surface area (Å²) in [6, 6.07) is 1.70. The number of carboxylic acid groups (broad SMARTS) is 1. The van der Waals surface area contributed by atoms with Gasteiger partial charge in [-0.1, -0.05) is 0 Å². The van der Waals surface area contributed by atoms with Crippen LogP contribution in [0.4, 0.5) is 19.1 Å². The predicted octanol–water partition coefficient (Wildman–Crippen LogP) is 1.79. The van der Waals surface area contributed by atoms with E-state index < -0.39 is 30.5 Å². The largest absolute Gasteiger partial charge is 0.481 e. The summed E-state index contributed by atoms with van der Waals surface area (Å²) >= 11 is 0. The van der Waals surface area contributed by atoms with Gasteiger partial charge in [0.2, 0.25) is 5.95 Å². The maximum absolute atomic E-state index is 12.9. The zero-order valence-electron chi connectivity index (χ0n) is 11.0. The first-order valence-corrected chi connectivity index (χ1v) is 6.05. The second-order valence-corrected chi connectivity index (χ2v) is 4.95. The van der Waals surface area contributed by atoms with Crippen molar-refractivity contribution < 1.29 is 23.1 Å². The number of hydrogen-bond donors (Lipinski definition) is 1. The molecule has 1 aromatic rings. The molecule has 0 amide bonds. The van der Waals surface area contributed by atoms with Crippen LogP contribution in [0.25, 0.3) is 0 Å². The Morgan fingerprint density at radius 2 is 1.85 bits per heavy atom. The fourth-order valence-corrected chi connectivity index (χ4v) is 2.40. The number of carbonyl (C=O) groups is 1. The smallest absolute Gasteiger partial charge is 0.394 e. The fraction of sp³-hybridized carbons (Fsp3) is 0.583. The molecule has 2 rings (SSSR count). The highest BCUT2D eigenvalue weighted by Gasteiger charge is 2.53. The Kier molecular flexibility index (Phi) is 3.58. The number of aryl methyl sites for hydroxylation is 2.